The summed E-state index contributed by atoms with van der Waals surface area (Å²) in [4.78, 5) is 10.5. The van der Waals surface area contributed by atoms with Gasteiger partial charge >= 0.3 is 6.03 Å². The van der Waals surface area contributed by atoms with E-state index < -0.39 is 6.03 Å². The summed E-state index contributed by atoms with van der Waals surface area (Å²) in [6.07, 6.45) is 4.73. The van der Waals surface area contributed by atoms with Crippen molar-refractivity contribution in [1.82, 2.24) is 5.32 Å². The van der Waals surface area contributed by atoms with Crippen LogP contribution in [-0.4, -0.2) is 19.1 Å². The molecule has 4 nitrogen and oxygen atoms in total. The topological polar surface area (TPSA) is 81.1 Å². The van der Waals surface area contributed by atoms with Gasteiger partial charge in [-0.1, -0.05) is 0 Å². The minimum absolute atomic E-state index is 0.416. The van der Waals surface area contributed by atoms with Gasteiger partial charge in [-0.2, -0.15) is 0 Å². The number of nitrogens with one attached hydrogen (secondary N) is 1. The smallest absolute Gasteiger partial charge is 0.312 e. The highest BCUT2D eigenvalue weighted by molar-refractivity contribution is 5.71. The lowest BCUT2D eigenvalue weighted by molar-refractivity contribution is 0.238. The standard InChI is InChI=1S/C9H19N3O/c10-5-7-1-3-8(4-2-7)6-12-9(11)13/h7-8H,1-6,10H2,(H3,11,12,13). The van der Waals surface area contributed by atoms with E-state index in [1.165, 1.54) is 25.7 Å². The van der Waals surface area contributed by atoms with E-state index in [0.29, 0.717) is 11.8 Å². The Morgan fingerprint density at radius 2 is 1.77 bits per heavy atom. The second kappa shape index (κ2) is 5.07. The molecule has 0 unspecified atom stereocenters. The Morgan fingerprint density at radius 3 is 2.23 bits per heavy atom. The van der Waals surface area contributed by atoms with E-state index in [0.717, 1.165) is 13.1 Å². The first kappa shape index (κ1) is 10.3. The second-order valence-corrected chi connectivity index (χ2v) is 3.87. The molecule has 5 N–H and O–H groups in total. The highest BCUT2D eigenvalue weighted by Gasteiger charge is 2.19. The summed E-state index contributed by atoms with van der Waals surface area (Å²) < 4.78 is 0. The second-order valence-electron chi connectivity index (χ2n) is 3.87. The van der Waals surface area contributed by atoms with Crippen molar-refractivity contribution in [3.8, 4) is 0 Å². The van der Waals surface area contributed by atoms with Gasteiger partial charge in [0.25, 0.3) is 0 Å². The van der Waals surface area contributed by atoms with Gasteiger partial charge in [0.1, 0.15) is 0 Å². The van der Waals surface area contributed by atoms with Gasteiger partial charge < -0.3 is 16.8 Å². The number of hydrogen-bond donors (Lipinski definition) is 3. The number of nitrogens with two attached hydrogens (primary N) is 2. The van der Waals surface area contributed by atoms with E-state index in [4.69, 9.17) is 11.5 Å². The van der Waals surface area contributed by atoms with Crippen LogP contribution in [0, 0.1) is 11.8 Å². The normalized spacial score (nSPS) is 28.4. The van der Waals surface area contributed by atoms with E-state index in [1.54, 1.807) is 0 Å². The average molecular weight is 185 g/mol. The van der Waals surface area contributed by atoms with Crippen molar-refractivity contribution in [3.63, 3.8) is 0 Å². The molecule has 2 amide bonds. The van der Waals surface area contributed by atoms with Crippen LogP contribution in [0.3, 0.4) is 0 Å². The number of hydrogen-bond acceptors (Lipinski definition) is 2. The molecular formula is C9H19N3O. The fourth-order valence-corrected chi connectivity index (χ4v) is 1.92. The Labute approximate surface area is 79.0 Å². The maximum atomic E-state index is 10.5. The summed E-state index contributed by atoms with van der Waals surface area (Å²) in [7, 11) is 0. The van der Waals surface area contributed by atoms with Crippen molar-refractivity contribution in [1.29, 1.82) is 0 Å². The number of carbonyl (C=O) groups is 1. The molecule has 13 heavy (non-hydrogen) atoms. The van der Waals surface area contributed by atoms with Gasteiger partial charge in [-0.05, 0) is 44.1 Å². The van der Waals surface area contributed by atoms with E-state index in [2.05, 4.69) is 5.32 Å². The summed E-state index contributed by atoms with van der Waals surface area (Å²) in [5.74, 6) is 1.31. The first-order valence-corrected chi connectivity index (χ1v) is 4.95. The Hall–Kier alpha value is -0.770. The predicted molar refractivity (Wildman–Crippen MR) is 52.1 cm³/mol. The molecule has 0 atom stereocenters. The lowest BCUT2D eigenvalue weighted by atomic mass is 9.82. The molecule has 0 spiro atoms. The van der Waals surface area contributed by atoms with E-state index >= 15 is 0 Å². The van der Waals surface area contributed by atoms with Crippen LogP contribution in [0.1, 0.15) is 25.7 Å². The van der Waals surface area contributed by atoms with Gasteiger partial charge in [0.15, 0.2) is 0 Å². The van der Waals surface area contributed by atoms with Gasteiger partial charge in [0.05, 0.1) is 0 Å². The largest absolute Gasteiger partial charge is 0.352 e. The van der Waals surface area contributed by atoms with E-state index in [-0.39, 0.29) is 0 Å². The molecule has 0 aromatic heterocycles. The third-order valence-corrected chi connectivity index (χ3v) is 2.86. The third-order valence-electron chi connectivity index (χ3n) is 2.86. The SMILES string of the molecule is NCC1CCC(CNC(N)=O)CC1. The number of rotatable bonds is 3. The van der Waals surface area contributed by atoms with Crippen molar-refractivity contribution in [2.24, 2.45) is 23.3 Å². The highest BCUT2D eigenvalue weighted by Crippen LogP contribution is 2.27. The maximum Gasteiger partial charge on any atom is 0.312 e. The van der Waals surface area contributed by atoms with Gasteiger partial charge in [0.2, 0.25) is 0 Å². The predicted octanol–water partition coefficient (Wildman–Crippen LogP) is 0.420. The maximum absolute atomic E-state index is 10.5. The summed E-state index contributed by atoms with van der Waals surface area (Å²) in [6.45, 7) is 1.53. The molecule has 0 saturated heterocycles. The quantitative estimate of drug-likeness (QED) is 0.595. The zero-order valence-electron chi connectivity index (χ0n) is 7.96. The van der Waals surface area contributed by atoms with E-state index in [1.807, 2.05) is 0 Å². The zero-order valence-corrected chi connectivity index (χ0v) is 7.96. The highest BCUT2D eigenvalue weighted by atomic mass is 16.2. The van der Waals surface area contributed by atoms with Crippen molar-refractivity contribution in [2.75, 3.05) is 13.1 Å². The summed E-state index contributed by atoms with van der Waals surface area (Å²) in [5.41, 5.74) is 10.6. The average Bonchev–Trinajstić information content (AvgIpc) is 2.15. The van der Waals surface area contributed by atoms with Crippen molar-refractivity contribution < 1.29 is 4.79 Å². The number of urea groups is 1. The monoisotopic (exact) mass is 185 g/mol. The summed E-state index contributed by atoms with van der Waals surface area (Å²) in [6, 6.07) is -0.416. The minimum Gasteiger partial charge on any atom is -0.352 e. The molecule has 0 aromatic rings. The molecule has 1 fully saturated rings. The molecule has 1 aliphatic rings. The van der Waals surface area contributed by atoms with Gasteiger partial charge in [-0.3, -0.25) is 0 Å². The van der Waals surface area contributed by atoms with Crippen LogP contribution in [0.2, 0.25) is 0 Å². The molecule has 0 aromatic carbocycles. The Balaban J connectivity index is 2.14. The van der Waals surface area contributed by atoms with Gasteiger partial charge in [-0.15, -0.1) is 0 Å². The Kier molecular flexibility index (Phi) is 4.02. The van der Waals surface area contributed by atoms with Gasteiger partial charge in [-0.25, -0.2) is 4.79 Å². The molecule has 0 heterocycles. The Morgan fingerprint density at radius 1 is 1.23 bits per heavy atom. The number of carbonyl (C=O) groups excluding carboxylic acids is 1. The van der Waals surface area contributed by atoms with Crippen LogP contribution in [0.4, 0.5) is 4.79 Å². The number of primary amides is 1. The fraction of sp³-hybridized carbons (Fsp3) is 0.889. The van der Waals surface area contributed by atoms with Crippen molar-refractivity contribution >= 4 is 6.03 Å². The van der Waals surface area contributed by atoms with Crippen molar-refractivity contribution in [3.05, 3.63) is 0 Å². The van der Waals surface area contributed by atoms with Crippen LogP contribution < -0.4 is 16.8 Å². The minimum atomic E-state index is -0.416. The lowest BCUT2D eigenvalue weighted by Gasteiger charge is -2.27. The third kappa shape index (κ3) is 3.63. The van der Waals surface area contributed by atoms with Gasteiger partial charge in [0, 0.05) is 6.54 Å². The first-order valence-electron chi connectivity index (χ1n) is 4.95. The zero-order chi connectivity index (χ0) is 9.68. The molecule has 0 aliphatic heterocycles. The summed E-state index contributed by atoms with van der Waals surface area (Å²) >= 11 is 0. The molecule has 76 valence electrons. The van der Waals surface area contributed by atoms with Crippen LogP contribution >= 0.6 is 0 Å². The molecule has 1 saturated carbocycles. The molecule has 0 bridgehead atoms. The van der Waals surface area contributed by atoms with Crippen molar-refractivity contribution in [2.45, 2.75) is 25.7 Å². The Bertz CT molecular complexity index is 164. The molecule has 4 heteroatoms. The summed E-state index contributed by atoms with van der Waals surface area (Å²) in [5, 5.41) is 2.66. The van der Waals surface area contributed by atoms with Crippen LogP contribution in [-0.2, 0) is 0 Å². The van der Waals surface area contributed by atoms with Crippen LogP contribution in [0.25, 0.3) is 0 Å². The lowest BCUT2D eigenvalue weighted by Crippen LogP contribution is -2.35. The molecule has 1 aliphatic carbocycles. The molecule has 1 rings (SSSR count). The first-order chi connectivity index (χ1) is 6.22. The molecule has 0 radical (unpaired) electrons. The van der Waals surface area contributed by atoms with E-state index in [9.17, 15) is 4.79 Å². The molecular weight excluding hydrogens is 166 g/mol. The van der Waals surface area contributed by atoms with Crippen LogP contribution in [0.15, 0.2) is 0 Å². The number of amides is 2. The fourth-order valence-electron chi connectivity index (χ4n) is 1.92. The van der Waals surface area contributed by atoms with Crippen LogP contribution in [0.5, 0.6) is 0 Å².